The summed E-state index contributed by atoms with van der Waals surface area (Å²) >= 11 is 0. The quantitative estimate of drug-likeness (QED) is 0.840. The van der Waals surface area contributed by atoms with Gasteiger partial charge < -0.3 is 20.1 Å². The molecule has 24 heavy (non-hydrogen) atoms. The molecule has 5 heteroatoms. The average molecular weight is 332 g/mol. The van der Waals surface area contributed by atoms with Crippen molar-refractivity contribution in [3.05, 3.63) is 29.8 Å². The summed E-state index contributed by atoms with van der Waals surface area (Å²) in [5.74, 6) is 0.987. The average Bonchev–Trinajstić information content (AvgIpc) is 2.63. The van der Waals surface area contributed by atoms with Crippen molar-refractivity contribution in [3.8, 4) is 5.75 Å². The molecule has 1 aromatic carbocycles. The number of carbonyl (C=O) groups excluding carboxylic acids is 1. The van der Waals surface area contributed by atoms with Crippen LogP contribution in [0.3, 0.4) is 0 Å². The van der Waals surface area contributed by atoms with Gasteiger partial charge in [0.05, 0.1) is 19.3 Å². The molecular weight excluding hydrogens is 304 g/mol. The van der Waals surface area contributed by atoms with E-state index in [0.29, 0.717) is 25.7 Å². The number of hydrogen-bond acceptors (Lipinski definition) is 4. The molecule has 1 aromatic rings. The van der Waals surface area contributed by atoms with Crippen molar-refractivity contribution >= 4 is 5.91 Å². The van der Waals surface area contributed by atoms with Gasteiger partial charge in [0.15, 0.2) is 0 Å². The van der Waals surface area contributed by atoms with Crippen molar-refractivity contribution in [1.29, 1.82) is 0 Å². The molecule has 2 aliphatic rings. The van der Waals surface area contributed by atoms with Crippen LogP contribution in [0.2, 0.25) is 0 Å². The van der Waals surface area contributed by atoms with E-state index < -0.39 is 0 Å². The molecule has 2 N–H and O–H groups in total. The van der Waals surface area contributed by atoms with Gasteiger partial charge >= 0.3 is 0 Å². The fraction of sp³-hybridized carbons (Fsp3) is 0.632. The van der Waals surface area contributed by atoms with Crippen molar-refractivity contribution in [3.63, 3.8) is 0 Å². The zero-order valence-electron chi connectivity index (χ0n) is 14.3. The first-order valence-corrected chi connectivity index (χ1v) is 9.13. The Labute approximate surface area is 144 Å². The Hall–Kier alpha value is -1.59. The van der Waals surface area contributed by atoms with Gasteiger partial charge in [0.2, 0.25) is 5.91 Å². The van der Waals surface area contributed by atoms with E-state index in [4.69, 9.17) is 9.47 Å². The van der Waals surface area contributed by atoms with Crippen LogP contribution < -0.4 is 15.4 Å². The molecule has 1 aliphatic carbocycles. The lowest BCUT2D eigenvalue weighted by Gasteiger charge is -2.23. The number of benzene rings is 1. The maximum absolute atomic E-state index is 12.0. The maximum atomic E-state index is 12.0. The summed E-state index contributed by atoms with van der Waals surface area (Å²) in [5.41, 5.74) is 1.09. The topological polar surface area (TPSA) is 59.6 Å². The van der Waals surface area contributed by atoms with Crippen molar-refractivity contribution in [1.82, 2.24) is 10.6 Å². The summed E-state index contributed by atoms with van der Waals surface area (Å²) in [5, 5.41) is 6.26. The summed E-state index contributed by atoms with van der Waals surface area (Å²) in [6, 6.07) is 8.20. The molecule has 5 nitrogen and oxygen atoms in total. The molecule has 2 fully saturated rings. The van der Waals surface area contributed by atoms with Gasteiger partial charge in [-0.15, -0.1) is 0 Å². The number of amides is 1. The molecule has 1 atom stereocenters. The van der Waals surface area contributed by atoms with Crippen LogP contribution in [0.1, 0.15) is 44.1 Å². The van der Waals surface area contributed by atoms with Crippen LogP contribution in [0.15, 0.2) is 24.3 Å². The van der Waals surface area contributed by atoms with E-state index in [2.05, 4.69) is 10.6 Å². The van der Waals surface area contributed by atoms with Crippen LogP contribution in [0.4, 0.5) is 0 Å². The highest BCUT2D eigenvalue weighted by atomic mass is 16.5. The lowest BCUT2D eigenvalue weighted by Crippen LogP contribution is -2.44. The van der Waals surface area contributed by atoms with E-state index in [1.165, 1.54) is 19.3 Å². The number of rotatable bonds is 6. The van der Waals surface area contributed by atoms with E-state index in [-0.39, 0.29) is 11.9 Å². The lowest BCUT2D eigenvalue weighted by atomic mass is 9.98. The summed E-state index contributed by atoms with van der Waals surface area (Å²) < 4.78 is 11.4. The summed E-state index contributed by atoms with van der Waals surface area (Å²) in [6.07, 6.45) is 7.04. The number of hydrogen-bond donors (Lipinski definition) is 2. The van der Waals surface area contributed by atoms with Crippen LogP contribution in [-0.2, 0) is 16.1 Å². The molecule has 132 valence electrons. The van der Waals surface area contributed by atoms with Gasteiger partial charge in [-0.3, -0.25) is 4.79 Å². The first-order valence-electron chi connectivity index (χ1n) is 9.13. The molecule has 1 saturated carbocycles. The van der Waals surface area contributed by atoms with Gasteiger partial charge in [-0.2, -0.15) is 0 Å². The summed E-state index contributed by atoms with van der Waals surface area (Å²) in [4.78, 5) is 12.0. The Balaban J connectivity index is 1.39. The highest BCUT2D eigenvalue weighted by Gasteiger charge is 2.17. The minimum absolute atomic E-state index is 0.0560. The maximum Gasteiger partial charge on any atom is 0.221 e. The minimum Gasteiger partial charge on any atom is -0.490 e. The molecule has 1 aliphatic heterocycles. The summed E-state index contributed by atoms with van der Waals surface area (Å²) in [6.45, 7) is 2.71. The van der Waals surface area contributed by atoms with Gasteiger partial charge in [-0.25, -0.2) is 0 Å². The second kappa shape index (κ2) is 9.04. The highest BCUT2D eigenvalue weighted by molar-refractivity contribution is 5.76. The third-order valence-corrected chi connectivity index (χ3v) is 4.70. The van der Waals surface area contributed by atoms with Crippen LogP contribution in [-0.4, -0.2) is 37.8 Å². The normalized spacial score (nSPS) is 22.1. The Morgan fingerprint density at radius 1 is 1.21 bits per heavy atom. The Kier molecular flexibility index (Phi) is 6.49. The van der Waals surface area contributed by atoms with Gasteiger partial charge in [-0.05, 0) is 43.4 Å². The van der Waals surface area contributed by atoms with Gasteiger partial charge in [-0.1, -0.05) is 18.6 Å². The molecule has 0 bridgehead atoms. The third kappa shape index (κ3) is 5.49. The fourth-order valence-electron chi connectivity index (χ4n) is 3.31. The van der Waals surface area contributed by atoms with Crippen molar-refractivity contribution < 1.29 is 14.3 Å². The fourth-order valence-corrected chi connectivity index (χ4v) is 3.31. The Morgan fingerprint density at radius 2 is 2.00 bits per heavy atom. The van der Waals surface area contributed by atoms with Gasteiger partial charge in [0.25, 0.3) is 0 Å². The highest BCUT2D eigenvalue weighted by Crippen LogP contribution is 2.23. The van der Waals surface area contributed by atoms with Crippen LogP contribution in [0.25, 0.3) is 0 Å². The number of nitrogens with one attached hydrogen (secondary N) is 2. The second-order valence-electron chi connectivity index (χ2n) is 6.73. The first kappa shape index (κ1) is 17.2. The standard InChI is InChI=1S/C19H28N2O3/c22-19(12-16-14-23-11-10-20-16)21-13-15-6-8-18(9-7-15)24-17-4-2-1-3-5-17/h6-9,16-17,20H,1-5,10-14H2,(H,21,22). The molecule has 1 unspecified atom stereocenters. The van der Waals surface area contributed by atoms with Crippen LogP contribution >= 0.6 is 0 Å². The molecular formula is C19H28N2O3. The molecule has 1 heterocycles. The zero-order valence-corrected chi connectivity index (χ0v) is 14.3. The van der Waals surface area contributed by atoms with Crippen molar-refractivity contribution in [2.24, 2.45) is 0 Å². The van der Waals surface area contributed by atoms with Crippen LogP contribution in [0, 0.1) is 0 Å². The van der Waals surface area contributed by atoms with Gasteiger partial charge in [0.1, 0.15) is 5.75 Å². The number of ether oxygens (including phenoxy) is 2. The third-order valence-electron chi connectivity index (χ3n) is 4.70. The molecule has 0 spiro atoms. The predicted molar refractivity (Wildman–Crippen MR) is 93.0 cm³/mol. The van der Waals surface area contributed by atoms with E-state index in [0.717, 1.165) is 37.3 Å². The molecule has 0 radical (unpaired) electrons. The number of morpholine rings is 1. The van der Waals surface area contributed by atoms with E-state index in [1.807, 2.05) is 24.3 Å². The van der Waals surface area contributed by atoms with Crippen LogP contribution in [0.5, 0.6) is 5.75 Å². The first-order chi connectivity index (χ1) is 11.8. The smallest absolute Gasteiger partial charge is 0.221 e. The summed E-state index contributed by atoms with van der Waals surface area (Å²) in [7, 11) is 0. The van der Waals surface area contributed by atoms with Gasteiger partial charge in [0, 0.05) is 25.6 Å². The monoisotopic (exact) mass is 332 g/mol. The lowest BCUT2D eigenvalue weighted by molar-refractivity contribution is -0.122. The molecule has 1 amide bonds. The van der Waals surface area contributed by atoms with Crippen molar-refractivity contribution in [2.45, 2.75) is 57.2 Å². The molecule has 1 saturated heterocycles. The second-order valence-corrected chi connectivity index (χ2v) is 6.73. The Bertz CT molecular complexity index is 506. The largest absolute Gasteiger partial charge is 0.490 e. The SMILES string of the molecule is O=C(CC1COCCN1)NCc1ccc(OC2CCCCC2)cc1. The van der Waals surface area contributed by atoms with E-state index >= 15 is 0 Å². The zero-order chi connectivity index (χ0) is 16.6. The molecule has 3 rings (SSSR count). The Morgan fingerprint density at radius 3 is 2.71 bits per heavy atom. The van der Waals surface area contributed by atoms with Crippen molar-refractivity contribution in [2.75, 3.05) is 19.8 Å². The minimum atomic E-state index is 0.0560. The van der Waals surface area contributed by atoms with E-state index in [1.54, 1.807) is 0 Å². The predicted octanol–water partition coefficient (Wildman–Crippen LogP) is 2.39. The number of carbonyl (C=O) groups is 1. The molecule has 0 aromatic heterocycles. The van der Waals surface area contributed by atoms with E-state index in [9.17, 15) is 4.79 Å².